The van der Waals surface area contributed by atoms with Crippen LogP contribution in [0, 0.1) is 0 Å². The summed E-state index contributed by atoms with van der Waals surface area (Å²) in [6.07, 6.45) is 0. The summed E-state index contributed by atoms with van der Waals surface area (Å²) in [7, 11) is 1.60. The largest absolute Gasteiger partial charge is 0.872 e. The van der Waals surface area contributed by atoms with Gasteiger partial charge < -0.3 is 23.9 Å². The predicted octanol–water partition coefficient (Wildman–Crippen LogP) is 0.957. The number of methoxy groups -OCH3 is 1. The second-order valence-electron chi connectivity index (χ2n) is 6.68. The van der Waals surface area contributed by atoms with Gasteiger partial charge in [0.05, 0.1) is 25.9 Å². The third-order valence-electron chi connectivity index (χ3n) is 4.99. The number of hydrogen-bond donors (Lipinski definition) is 1. The number of hydrogen-bond acceptors (Lipinski definition) is 5. The molecule has 27 heavy (non-hydrogen) atoms. The summed E-state index contributed by atoms with van der Waals surface area (Å²) in [6.45, 7) is 3.57. The van der Waals surface area contributed by atoms with E-state index in [1.807, 2.05) is 12.1 Å². The fraction of sp³-hybridized carbons (Fsp3) is 0.286. The lowest BCUT2D eigenvalue weighted by Crippen LogP contribution is -3.12. The first-order chi connectivity index (χ1) is 13.2. The van der Waals surface area contributed by atoms with Crippen LogP contribution in [-0.2, 0) is 11.3 Å². The molecule has 140 valence electrons. The Hall–Kier alpha value is -2.83. The Morgan fingerprint density at radius 2 is 1.85 bits per heavy atom. The number of quaternary nitrogens is 1. The van der Waals surface area contributed by atoms with Crippen LogP contribution in [-0.4, -0.2) is 33.4 Å². The van der Waals surface area contributed by atoms with Crippen LogP contribution in [0.2, 0.25) is 0 Å². The second kappa shape index (κ2) is 7.42. The predicted molar refractivity (Wildman–Crippen MR) is 99.1 cm³/mol. The van der Waals surface area contributed by atoms with E-state index in [-0.39, 0.29) is 5.75 Å². The Morgan fingerprint density at radius 3 is 2.56 bits per heavy atom. The average Bonchev–Trinajstić information content (AvgIpc) is 2.71. The van der Waals surface area contributed by atoms with Gasteiger partial charge in [0.15, 0.2) is 0 Å². The maximum absolute atomic E-state index is 12.6. The zero-order valence-electron chi connectivity index (χ0n) is 15.1. The molecule has 0 spiro atoms. The van der Waals surface area contributed by atoms with E-state index in [0.29, 0.717) is 36.5 Å². The summed E-state index contributed by atoms with van der Waals surface area (Å²) < 4.78 is 16.2. The highest BCUT2D eigenvalue weighted by Gasteiger charge is 2.18. The Morgan fingerprint density at radius 1 is 1.11 bits per heavy atom. The smallest absolute Gasteiger partial charge is 0.344 e. The Balaban J connectivity index is 1.76. The van der Waals surface area contributed by atoms with E-state index in [0.717, 1.165) is 29.8 Å². The van der Waals surface area contributed by atoms with Crippen molar-refractivity contribution in [1.82, 2.24) is 0 Å². The zero-order chi connectivity index (χ0) is 18.8. The minimum absolute atomic E-state index is 0.0955. The molecular formula is C21H21NO5. The highest BCUT2D eigenvalue weighted by Crippen LogP contribution is 2.28. The van der Waals surface area contributed by atoms with Crippen molar-refractivity contribution in [2.24, 2.45) is 0 Å². The Bertz CT molecular complexity index is 1000. The maximum Gasteiger partial charge on any atom is 0.344 e. The van der Waals surface area contributed by atoms with Gasteiger partial charge in [0, 0.05) is 10.9 Å². The average molecular weight is 367 g/mol. The number of fused-ring (bicyclic) bond motifs is 1. The second-order valence-corrected chi connectivity index (χ2v) is 6.68. The minimum atomic E-state index is -0.448. The fourth-order valence-electron chi connectivity index (χ4n) is 3.45. The third kappa shape index (κ3) is 3.54. The third-order valence-corrected chi connectivity index (χ3v) is 4.99. The monoisotopic (exact) mass is 367 g/mol. The van der Waals surface area contributed by atoms with Crippen molar-refractivity contribution in [3.05, 3.63) is 58.4 Å². The number of rotatable bonds is 4. The molecule has 1 aliphatic heterocycles. The standard InChI is InChI=1S/C21H21NO5/c1-25-16-5-2-14(3-6-16)17-12-15-4-7-19(23)18(20(15)27-21(17)24)13-22-8-10-26-11-9-22/h2-7,12,23H,8-11,13H2,1H3. The summed E-state index contributed by atoms with van der Waals surface area (Å²) in [5.41, 5.74) is 1.72. The van der Waals surface area contributed by atoms with Crippen LogP contribution in [0.4, 0.5) is 0 Å². The van der Waals surface area contributed by atoms with E-state index in [9.17, 15) is 9.90 Å². The van der Waals surface area contributed by atoms with Gasteiger partial charge in [0.2, 0.25) is 0 Å². The van der Waals surface area contributed by atoms with Gasteiger partial charge in [-0.15, -0.1) is 0 Å². The van der Waals surface area contributed by atoms with Crippen LogP contribution in [0.5, 0.6) is 11.5 Å². The molecule has 0 atom stereocenters. The number of benzene rings is 2. The van der Waals surface area contributed by atoms with Crippen molar-refractivity contribution in [3.63, 3.8) is 0 Å². The maximum atomic E-state index is 12.6. The van der Waals surface area contributed by atoms with E-state index in [1.54, 1.807) is 37.4 Å². The van der Waals surface area contributed by atoms with Crippen molar-refractivity contribution in [2.75, 3.05) is 33.4 Å². The molecule has 0 aliphatic carbocycles. The van der Waals surface area contributed by atoms with Crippen LogP contribution in [0.25, 0.3) is 22.1 Å². The first-order valence-corrected chi connectivity index (χ1v) is 8.98. The van der Waals surface area contributed by atoms with Gasteiger partial charge in [-0.3, -0.25) is 0 Å². The van der Waals surface area contributed by atoms with E-state index < -0.39 is 5.63 Å². The first kappa shape index (κ1) is 17.6. The van der Waals surface area contributed by atoms with Crippen molar-refractivity contribution >= 4 is 11.0 Å². The molecule has 2 heterocycles. The molecule has 0 amide bonds. The van der Waals surface area contributed by atoms with Crippen LogP contribution >= 0.6 is 0 Å². The summed E-state index contributed by atoms with van der Waals surface area (Å²) >= 11 is 0. The Labute approximate surface area is 156 Å². The molecule has 2 aromatic carbocycles. The molecule has 6 nitrogen and oxygen atoms in total. The molecule has 1 aromatic heterocycles. The molecule has 0 saturated carbocycles. The molecule has 6 heteroatoms. The SMILES string of the molecule is COc1ccc(-c2cc3ccc([O-])c(C[NH+]4CCOCC4)c3oc2=O)cc1. The van der Waals surface area contributed by atoms with E-state index in [1.165, 1.54) is 4.90 Å². The van der Waals surface area contributed by atoms with Crippen molar-refractivity contribution < 1.29 is 23.9 Å². The molecule has 1 N–H and O–H groups in total. The summed E-state index contributed by atoms with van der Waals surface area (Å²) in [5, 5.41) is 13.2. The normalized spacial score (nSPS) is 15.1. The molecule has 1 saturated heterocycles. The first-order valence-electron chi connectivity index (χ1n) is 8.98. The van der Waals surface area contributed by atoms with Gasteiger partial charge in [0.1, 0.15) is 31.0 Å². The topological polar surface area (TPSA) is 76.2 Å². The Kier molecular flexibility index (Phi) is 4.83. The molecule has 3 aromatic rings. The van der Waals surface area contributed by atoms with E-state index >= 15 is 0 Å². The molecule has 4 rings (SSSR count). The van der Waals surface area contributed by atoms with Crippen LogP contribution < -0.4 is 20.4 Å². The minimum Gasteiger partial charge on any atom is -0.872 e. The molecule has 0 bridgehead atoms. The van der Waals surface area contributed by atoms with Crippen LogP contribution in [0.1, 0.15) is 5.56 Å². The fourth-order valence-corrected chi connectivity index (χ4v) is 3.45. The number of morpholine rings is 1. The van der Waals surface area contributed by atoms with Gasteiger partial charge in [-0.2, -0.15) is 0 Å². The molecular weight excluding hydrogens is 346 g/mol. The summed E-state index contributed by atoms with van der Waals surface area (Å²) in [4.78, 5) is 13.9. The summed E-state index contributed by atoms with van der Waals surface area (Å²) in [5.74, 6) is 0.623. The lowest BCUT2D eigenvalue weighted by atomic mass is 10.0. The quantitative estimate of drug-likeness (QED) is 0.695. The van der Waals surface area contributed by atoms with Gasteiger partial charge in [-0.05, 0) is 23.8 Å². The molecule has 1 fully saturated rings. The highest BCUT2D eigenvalue weighted by atomic mass is 16.5. The van der Waals surface area contributed by atoms with Crippen molar-refractivity contribution in [3.8, 4) is 22.6 Å². The van der Waals surface area contributed by atoms with Crippen molar-refractivity contribution in [1.29, 1.82) is 0 Å². The van der Waals surface area contributed by atoms with Crippen molar-refractivity contribution in [2.45, 2.75) is 6.54 Å². The number of nitrogens with one attached hydrogen (secondary N) is 1. The zero-order valence-corrected chi connectivity index (χ0v) is 15.1. The van der Waals surface area contributed by atoms with Crippen LogP contribution in [0.3, 0.4) is 0 Å². The highest BCUT2D eigenvalue weighted by molar-refractivity contribution is 5.85. The van der Waals surface area contributed by atoms with Gasteiger partial charge in [-0.1, -0.05) is 30.0 Å². The molecule has 1 aliphatic rings. The van der Waals surface area contributed by atoms with Gasteiger partial charge in [-0.25, -0.2) is 4.79 Å². The van der Waals surface area contributed by atoms with Crippen LogP contribution in [0.15, 0.2) is 51.7 Å². The molecule has 0 unspecified atom stereocenters. The lowest BCUT2D eigenvalue weighted by Gasteiger charge is -2.26. The lowest BCUT2D eigenvalue weighted by molar-refractivity contribution is -0.921. The van der Waals surface area contributed by atoms with E-state index in [4.69, 9.17) is 13.9 Å². The van der Waals surface area contributed by atoms with Gasteiger partial charge in [0.25, 0.3) is 0 Å². The summed E-state index contributed by atoms with van der Waals surface area (Å²) in [6, 6.07) is 12.3. The van der Waals surface area contributed by atoms with E-state index in [2.05, 4.69) is 0 Å². The number of ether oxygens (including phenoxy) is 2. The molecule has 0 radical (unpaired) electrons. The van der Waals surface area contributed by atoms with Gasteiger partial charge >= 0.3 is 5.63 Å².